The number of hydrogen-bond donors (Lipinski definition) is 8. The molecule has 9 aromatic rings. The van der Waals surface area contributed by atoms with Gasteiger partial charge in [0.05, 0.1) is 79.2 Å². The van der Waals surface area contributed by atoms with Gasteiger partial charge in [0, 0.05) is 83.0 Å². The number of nitrogens with zero attached hydrogens (tertiary/aromatic N) is 4. The molecule has 9 heterocycles. The molecule has 486 valence electrons. The minimum atomic E-state index is -1.74. The van der Waals surface area contributed by atoms with Crippen LogP contribution in [0.5, 0.6) is 11.5 Å². The number of allylic oxidation sites excluding steroid dienone is 1. The number of nitrogens with one attached hydrogen (secondary N) is 6. The van der Waals surface area contributed by atoms with Crippen LogP contribution in [0.4, 0.5) is 4.79 Å². The van der Waals surface area contributed by atoms with Crippen molar-refractivity contribution >= 4 is 104 Å². The first-order valence-corrected chi connectivity index (χ1v) is 29.8. The molecule has 12 rings (SSSR count). The molecule has 3 aliphatic rings. The fraction of sp³-hybridized carbons (Fsp3) is 0.261. The van der Waals surface area contributed by atoms with Gasteiger partial charge in [-0.2, -0.15) is 0 Å². The Labute approximate surface area is 550 Å². The van der Waals surface area contributed by atoms with Gasteiger partial charge in [0.15, 0.2) is 6.29 Å². The predicted molar refractivity (Wildman–Crippen MR) is 374 cm³/mol. The van der Waals surface area contributed by atoms with Crippen LogP contribution in [-0.2, 0) is 19.0 Å². The van der Waals surface area contributed by atoms with Crippen LogP contribution in [0, 0.1) is 27.7 Å². The summed E-state index contributed by atoms with van der Waals surface area (Å²) in [5.41, 5.74) is 11.1. The quantitative estimate of drug-likeness (QED) is 0.0446. The number of aromatic amines is 5. The van der Waals surface area contributed by atoms with E-state index in [4.69, 9.17) is 28.7 Å². The molecule has 0 aliphatic carbocycles. The van der Waals surface area contributed by atoms with Gasteiger partial charge < -0.3 is 68.9 Å². The Morgan fingerprint density at radius 2 is 1.42 bits per heavy atom. The largest absolute Gasteiger partial charge is 0.506 e. The van der Waals surface area contributed by atoms with Crippen LogP contribution in [0.1, 0.15) is 80.7 Å². The zero-order valence-electron chi connectivity index (χ0n) is 53.4. The maximum Gasteiger partial charge on any atom is 0.506 e. The van der Waals surface area contributed by atoms with Crippen molar-refractivity contribution in [2.24, 2.45) is 9.98 Å². The van der Waals surface area contributed by atoms with Crippen LogP contribution >= 0.6 is 28.3 Å². The third-order valence-electron chi connectivity index (χ3n) is 13.8. The normalized spacial score (nSPS) is 13.7. The number of carbonyl (C=O) groups excluding carboxylic acids is 3. The topological polar surface area (TPSA) is 262 Å². The molecule has 92 heavy (non-hydrogen) atoms. The summed E-state index contributed by atoms with van der Waals surface area (Å²) >= 11 is 3.33. The molecule has 3 aliphatic heterocycles. The molecule has 23 heteroatoms. The van der Waals surface area contributed by atoms with Gasteiger partial charge in [-0.3, -0.25) is 14.2 Å². The van der Waals surface area contributed by atoms with Gasteiger partial charge in [0.25, 0.3) is 0 Å². The molecule has 8 N–H and O–H groups in total. The van der Waals surface area contributed by atoms with Crippen LogP contribution in [-0.4, -0.2) is 128 Å². The molecule has 6 aromatic heterocycles. The molecule has 0 bridgehead atoms. The second-order valence-corrected chi connectivity index (χ2v) is 22.5. The number of ether oxygens (including phenoxy) is 5. The van der Waals surface area contributed by atoms with Crippen molar-refractivity contribution in [3.05, 3.63) is 206 Å². The van der Waals surface area contributed by atoms with Gasteiger partial charge in [-0.05, 0) is 149 Å². The van der Waals surface area contributed by atoms with Crippen molar-refractivity contribution in [3.8, 4) is 22.9 Å². The van der Waals surface area contributed by atoms with E-state index < -0.39 is 18.8 Å². The van der Waals surface area contributed by atoms with Gasteiger partial charge >= 0.3 is 13.2 Å². The highest BCUT2D eigenvalue weighted by molar-refractivity contribution is 9.18. The highest BCUT2D eigenvalue weighted by atomic mass is 79.9. The molecule has 0 atom stereocenters. The number of rotatable bonds is 11. The molecule has 0 saturated carbocycles. The van der Waals surface area contributed by atoms with Crippen LogP contribution in [0.2, 0.25) is 0 Å². The molecular formula is C69H83BBrClN10O10. The van der Waals surface area contributed by atoms with E-state index in [1.165, 1.54) is 27.5 Å². The monoisotopic (exact) mass is 1340 g/mol. The Kier molecular flexibility index (Phi) is 27.1. The summed E-state index contributed by atoms with van der Waals surface area (Å²) in [6.45, 7) is 20.3. The summed E-state index contributed by atoms with van der Waals surface area (Å²) in [6, 6.07) is 34.9. The number of aryl methyl sites for hydroxylation is 4. The van der Waals surface area contributed by atoms with Gasteiger partial charge in [0.2, 0.25) is 5.91 Å². The first-order chi connectivity index (χ1) is 43.1. The average molecular weight is 1340 g/mol. The highest BCUT2D eigenvalue weighted by Gasteiger charge is 2.27. The number of amides is 1. The lowest BCUT2D eigenvalue weighted by molar-refractivity contribution is -0.115. The Bertz CT molecular complexity index is 4290. The number of carbonyl (C=O) groups is 3. The van der Waals surface area contributed by atoms with Crippen LogP contribution in [0.3, 0.4) is 0 Å². The Balaban J connectivity index is 0.000000208. The molecule has 1 amide bonds. The summed E-state index contributed by atoms with van der Waals surface area (Å²) in [5, 5.41) is 27.2. The van der Waals surface area contributed by atoms with E-state index in [0.717, 1.165) is 107 Å². The number of para-hydroxylation sites is 3. The van der Waals surface area contributed by atoms with Crippen LogP contribution in [0.15, 0.2) is 161 Å². The molecule has 20 nitrogen and oxygen atoms in total. The fourth-order valence-electron chi connectivity index (χ4n) is 9.44. The fourth-order valence-corrected chi connectivity index (χ4v) is 9.84. The molecule has 3 aromatic carbocycles. The van der Waals surface area contributed by atoms with E-state index in [-0.39, 0.29) is 31.3 Å². The third-order valence-corrected chi connectivity index (χ3v) is 14.2. The van der Waals surface area contributed by atoms with Crippen molar-refractivity contribution < 1.29 is 48.1 Å². The van der Waals surface area contributed by atoms with E-state index in [1.807, 2.05) is 92.1 Å². The van der Waals surface area contributed by atoms with E-state index in [9.17, 15) is 24.4 Å². The molecule has 0 spiro atoms. The maximum atomic E-state index is 12.2. The van der Waals surface area contributed by atoms with Gasteiger partial charge in [-0.1, -0.05) is 62.0 Å². The third kappa shape index (κ3) is 19.8. The first-order valence-electron chi connectivity index (χ1n) is 29.0. The lowest BCUT2D eigenvalue weighted by Gasteiger charge is -2.20. The van der Waals surface area contributed by atoms with Gasteiger partial charge in [-0.25, -0.2) is 14.8 Å². The second kappa shape index (κ2) is 34.1. The molecule has 0 saturated heterocycles. The van der Waals surface area contributed by atoms with Gasteiger partial charge in [0.1, 0.15) is 44.6 Å². The number of aromatic nitrogens is 6. The standard InChI is InChI=1S/C20H19N3O.C14H12N2O2.C13H16BNO4.C10H15BrN2O.C6H9N.C5H7NO2.CH4.ClH/c1-12-8-13(2)21-16(12)10-19-20(24-3)11-18(23-19)17-9-14-6-4-5-7-15(14)22-17;1-18-14-7-12(16-13(14)8-17)11-6-9-4-2-3-5-10(9)15-11;1-13(2,3)19-12(16)15-10-7-5-4-6-9(10)8-11(15)14(17)18;1-4-13(5-2)7-8-9(14-3)6-10(11)12-8;1-5-3-6(2)7-4-5;1-8-4-2-5(7)6-3-4;;/h4-11,21,23H,1-3H3;2-8,15-16H,1H3;4-8,17-18H,1-3H3;6-7H,4-5H2,1-3H3;3-4,7H,1-2H3;2H,3H2,1H3,(H,6,7);1H4;1H/b18-17?,19-10+;;;8-7+;;;;. The summed E-state index contributed by atoms with van der Waals surface area (Å²) in [7, 11) is 4.70. The zero-order chi connectivity index (χ0) is 65.2. The number of aliphatic imine (C=N–C) groups is 1. The van der Waals surface area contributed by atoms with Crippen molar-refractivity contribution in [2.45, 2.75) is 75.3 Å². The average Bonchev–Trinajstić information content (AvgIpc) is 1.66. The molecule has 0 fully saturated rings. The number of H-pyrrole nitrogens is 5. The second-order valence-electron chi connectivity index (χ2n) is 21.7. The van der Waals surface area contributed by atoms with Crippen LogP contribution in [0.25, 0.3) is 51.0 Å². The molecule has 0 unspecified atom stereocenters. The number of hydrogen-bond acceptors (Lipinski definition) is 13. The van der Waals surface area contributed by atoms with E-state index in [0.29, 0.717) is 29.3 Å². The summed E-state index contributed by atoms with van der Waals surface area (Å²) in [6.07, 6.45) is 11.6. The van der Waals surface area contributed by atoms with E-state index in [1.54, 1.807) is 73.5 Å². The van der Waals surface area contributed by atoms with Crippen molar-refractivity contribution in [2.75, 3.05) is 48.1 Å². The predicted octanol–water partition coefficient (Wildman–Crippen LogP) is 9.95. The van der Waals surface area contributed by atoms with Crippen molar-refractivity contribution in [1.29, 1.82) is 0 Å². The van der Waals surface area contributed by atoms with E-state index >= 15 is 0 Å². The number of benzene rings is 3. The van der Waals surface area contributed by atoms with E-state index in [2.05, 4.69) is 121 Å². The lowest BCUT2D eigenvalue weighted by Crippen LogP contribution is -2.40. The highest BCUT2D eigenvalue weighted by Crippen LogP contribution is 2.29. The maximum absolute atomic E-state index is 12.2. The van der Waals surface area contributed by atoms with Crippen molar-refractivity contribution in [1.82, 2.24) is 39.7 Å². The molecule has 0 radical (unpaired) electrons. The van der Waals surface area contributed by atoms with Gasteiger partial charge in [-0.15, -0.1) is 12.4 Å². The lowest BCUT2D eigenvalue weighted by atomic mass is 9.86. The Morgan fingerprint density at radius 3 is 1.96 bits per heavy atom. The zero-order valence-corrected chi connectivity index (χ0v) is 55.8. The summed E-state index contributed by atoms with van der Waals surface area (Å²) in [4.78, 5) is 60.8. The number of methoxy groups -OCH3 is 4. The first kappa shape index (κ1) is 73.3. The SMILES string of the molecule is C.CC(C)(C)OC(=O)n1c(B(O)O)cc2ccccc21.CCN(/C=C1/N=C(Br)C=C1OC)CC.COC1=CC(=O)NC1.COc1cc(-c2cc3ccccc3[nH]2)[nH]c1C=O.COc1cc(=C2C=c3ccccc3=N2)[nH]/c1=C/c1[nH]c(C)cc1C.Cc1c[nH]c(C)c1.Cl. The summed E-state index contributed by atoms with van der Waals surface area (Å²) < 4.78 is 27.9. The Morgan fingerprint density at radius 1 is 0.750 bits per heavy atom. The Hall–Kier alpha value is -9.48. The number of halogens is 2. The minimum absolute atomic E-state index is 0. The van der Waals surface area contributed by atoms with Crippen LogP contribution < -0.4 is 41.7 Å². The van der Waals surface area contributed by atoms with Crippen molar-refractivity contribution in [3.63, 3.8) is 0 Å². The number of fused-ring (bicyclic) bond motifs is 3. The number of aldehydes is 1. The summed E-state index contributed by atoms with van der Waals surface area (Å²) in [5.74, 6) is 2.81. The minimum Gasteiger partial charge on any atom is -0.499 e. The smallest absolute Gasteiger partial charge is 0.499 e. The molecular weight excluding hydrogens is 1250 g/mol.